The van der Waals surface area contributed by atoms with Crippen molar-refractivity contribution in [1.29, 1.82) is 0 Å². The minimum Gasteiger partial charge on any atom is -0.444 e. The maximum absolute atomic E-state index is 12.1. The van der Waals surface area contributed by atoms with Gasteiger partial charge in [0.1, 0.15) is 5.60 Å². The van der Waals surface area contributed by atoms with Crippen molar-refractivity contribution in [3.63, 3.8) is 0 Å². The summed E-state index contributed by atoms with van der Waals surface area (Å²) in [4.78, 5) is 13.9. The molecule has 0 aromatic carbocycles. The molecule has 0 radical (unpaired) electrons. The Balaban J connectivity index is 1.65. The van der Waals surface area contributed by atoms with Crippen LogP contribution in [0.15, 0.2) is 24.5 Å². The standard InChI is InChI=1S/C18H25N3O2/c1-13-11-19-21-12-15(5-6-16(13)21)14-7-9-20(10-8-14)17(22)23-18(2,3)4/h5-6,11-12,14H,7-10H2,1-4H3. The summed E-state index contributed by atoms with van der Waals surface area (Å²) in [7, 11) is 0. The van der Waals surface area contributed by atoms with Gasteiger partial charge in [0.2, 0.25) is 0 Å². The zero-order valence-corrected chi connectivity index (χ0v) is 14.4. The molecule has 23 heavy (non-hydrogen) atoms. The average Bonchev–Trinajstić information content (AvgIpc) is 2.87. The van der Waals surface area contributed by atoms with E-state index in [-0.39, 0.29) is 6.09 Å². The van der Waals surface area contributed by atoms with Crippen molar-refractivity contribution in [2.24, 2.45) is 0 Å². The molecule has 0 N–H and O–H groups in total. The van der Waals surface area contributed by atoms with Gasteiger partial charge in [-0.15, -0.1) is 0 Å². The summed E-state index contributed by atoms with van der Waals surface area (Å²) < 4.78 is 7.40. The number of carbonyl (C=O) groups excluding carboxylic acids is 1. The highest BCUT2D eigenvalue weighted by Gasteiger charge is 2.27. The monoisotopic (exact) mass is 315 g/mol. The third-order valence-electron chi connectivity index (χ3n) is 4.35. The van der Waals surface area contributed by atoms with Gasteiger partial charge in [0.05, 0.1) is 11.7 Å². The van der Waals surface area contributed by atoms with Crippen LogP contribution in [0.5, 0.6) is 0 Å². The van der Waals surface area contributed by atoms with E-state index in [0.29, 0.717) is 5.92 Å². The van der Waals surface area contributed by atoms with Gasteiger partial charge in [0, 0.05) is 19.3 Å². The summed E-state index contributed by atoms with van der Waals surface area (Å²) in [6, 6.07) is 4.33. The lowest BCUT2D eigenvalue weighted by molar-refractivity contribution is 0.0205. The Bertz CT molecular complexity index is 707. The molecule has 0 unspecified atom stereocenters. The number of likely N-dealkylation sites (tertiary alicyclic amines) is 1. The first-order valence-electron chi connectivity index (χ1n) is 8.25. The van der Waals surface area contributed by atoms with E-state index < -0.39 is 5.60 Å². The fourth-order valence-electron chi connectivity index (χ4n) is 3.09. The summed E-state index contributed by atoms with van der Waals surface area (Å²) in [5.74, 6) is 0.475. The molecule has 1 saturated heterocycles. The Morgan fingerprint density at radius 2 is 1.96 bits per heavy atom. The van der Waals surface area contributed by atoms with Crippen LogP contribution >= 0.6 is 0 Å². The normalized spacial score (nSPS) is 16.8. The fraction of sp³-hybridized carbons (Fsp3) is 0.556. The number of rotatable bonds is 1. The first-order chi connectivity index (χ1) is 10.8. The average molecular weight is 315 g/mol. The second kappa shape index (κ2) is 5.87. The molecule has 5 heteroatoms. The van der Waals surface area contributed by atoms with E-state index in [4.69, 9.17) is 4.74 Å². The smallest absolute Gasteiger partial charge is 0.410 e. The van der Waals surface area contributed by atoms with Crippen molar-refractivity contribution in [2.45, 2.75) is 52.1 Å². The number of pyridine rings is 1. The van der Waals surface area contributed by atoms with Crippen molar-refractivity contribution >= 4 is 11.6 Å². The maximum Gasteiger partial charge on any atom is 0.410 e. The third kappa shape index (κ3) is 3.49. The molecule has 0 atom stereocenters. The van der Waals surface area contributed by atoms with Gasteiger partial charge in [-0.25, -0.2) is 9.31 Å². The number of aromatic nitrogens is 2. The molecule has 0 saturated carbocycles. The van der Waals surface area contributed by atoms with Crippen LogP contribution in [0.1, 0.15) is 50.7 Å². The van der Waals surface area contributed by atoms with Crippen LogP contribution in [0, 0.1) is 6.92 Å². The van der Waals surface area contributed by atoms with Gasteiger partial charge in [-0.05, 0) is 63.6 Å². The molecule has 2 aromatic rings. The van der Waals surface area contributed by atoms with Gasteiger partial charge >= 0.3 is 6.09 Å². The van der Waals surface area contributed by atoms with E-state index in [1.165, 1.54) is 11.1 Å². The van der Waals surface area contributed by atoms with Crippen LogP contribution in [0.25, 0.3) is 5.52 Å². The number of carbonyl (C=O) groups is 1. The molecule has 5 nitrogen and oxygen atoms in total. The molecular weight excluding hydrogens is 290 g/mol. The minimum atomic E-state index is -0.434. The van der Waals surface area contributed by atoms with E-state index >= 15 is 0 Å². The molecule has 124 valence electrons. The molecule has 0 aliphatic carbocycles. The van der Waals surface area contributed by atoms with Crippen molar-refractivity contribution in [1.82, 2.24) is 14.5 Å². The molecule has 1 aliphatic rings. The molecule has 1 aliphatic heterocycles. The van der Waals surface area contributed by atoms with Crippen LogP contribution in [0.3, 0.4) is 0 Å². The lowest BCUT2D eigenvalue weighted by Crippen LogP contribution is -2.41. The Hall–Kier alpha value is -2.04. The van der Waals surface area contributed by atoms with Crippen LogP contribution in [-0.4, -0.2) is 39.3 Å². The van der Waals surface area contributed by atoms with E-state index in [1.54, 1.807) is 0 Å². The number of amides is 1. The van der Waals surface area contributed by atoms with Crippen LogP contribution in [0.4, 0.5) is 4.79 Å². The number of hydrogen-bond acceptors (Lipinski definition) is 3. The zero-order valence-electron chi connectivity index (χ0n) is 14.4. The summed E-state index contributed by atoms with van der Waals surface area (Å²) in [6.07, 6.45) is 5.74. The van der Waals surface area contributed by atoms with Gasteiger partial charge in [0.25, 0.3) is 0 Å². The van der Waals surface area contributed by atoms with E-state index in [0.717, 1.165) is 31.4 Å². The van der Waals surface area contributed by atoms with Crippen molar-refractivity contribution in [2.75, 3.05) is 13.1 Å². The highest BCUT2D eigenvalue weighted by atomic mass is 16.6. The zero-order chi connectivity index (χ0) is 16.6. The van der Waals surface area contributed by atoms with Gasteiger partial charge in [0.15, 0.2) is 0 Å². The highest BCUT2D eigenvalue weighted by Crippen LogP contribution is 2.29. The Morgan fingerprint density at radius 1 is 1.26 bits per heavy atom. The molecule has 0 spiro atoms. The molecular formula is C18H25N3O2. The Kier molecular flexibility index (Phi) is 4.04. The second-order valence-corrected chi connectivity index (χ2v) is 7.36. The van der Waals surface area contributed by atoms with E-state index in [1.807, 2.05) is 36.4 Å². The first-order valence-corrected chi connectivity index (χ1v) is 8.25. The van der Waals surface area contributed by atoms with Crippen LogP contribution in [0.2, 0.25) is 0 Å². The molecule has 1 amide bonds. The summed E-state index contributed by atoms with van der Waals surface area (Å²) in [5.41, 5.74) is 3.21. The van der Waals surface area contributed by atoms with Gasteiger partial charge in [-0.3, -0.25) is 0 Å². The Labute approximate surface area is 137 Å². The number of nitrogens with zero attached hydrogens (tertiary/aromatic N) is 3. The van der Waals surface area contributed by atoms with E-state index in [9.17, 15) is 4.79 Å². The van der Waals surface area contributed by atoms with Crippen molar-refractivity contribution in [3.05, 3.63) is 35.7 Å². The van der Waals surface area contributed by atoms with Crippen LogP contribution in [-0.2, 0) is 4.74 Å². The molecule has 0 bridgehead atoms. The first kappa shape index (κ1) is 15.8. The molecule has 2 aromatic heterocycles. The predicted octanol–water partition coefficient (Wildman–Crippen LogP) is 3.76. The summed E-state index contributed by atoms with van der Waals surface area (Å²) >= 11 is 0. The van der Waals surface area contributed by atoms with Gasteiger partial charge in [-0.2, -0.15) is 5.10 Å². The van der Waals surface area contributed by atoms with Gasteiger partial charge < -0.3 is 9.64 Å². The number of ether oxygens (including phenoxy) is 1. The topological polar surface area (TPSA) is 46.8 Å². The predicted molar refractivity (Wildman–Crippen MR) is 89.7 cm³/mol. The minimum absolute atomic E-state index is 0.200. The SMILES string of the molecule is Cc1cnn2cc(C3CCN(C(=O)OC(C)(C)C)CC3)ccc12. The van der Waals surface area contributed by atoms with Crippen LogP contribution < -0.4 is 0 Å². The molecule has 1 fully saturated rings. The van der Waals surface area contributed by atoms with Crippen molar-refractivity contribution < 1.29 is 9.53 Å². The van der Waals surface area contributed by atoms with E-state index in [2.05, 4.69) is 30.4 Å². The van der Waals surface area contributed by atoms with Gasteiger partial charge in [-0.1, -0.05) is 6.07 Å². The summed E-state index contributed by atoms with van der Waals surface area (Å²) in [6.45, 7) is 9.27. The third-order valence-corrected chi connectivity index (χ3v) is 4.35. The van der Waals surface area contributed by atoms with Crippen molar-refractivity contribution in [3.8, 4) is 0 Å². The lowest BCUT2D eigenvalue weighted by Gasteiger charge is -2.33. The summed E-state index contributed by atoms with van der Waals surface area (Å²) in [5, 5.41) is 4.39. The number of aryl methyl sites for hydroxylation is 1. The maximum atomic E-state index is 12.1. The highest BCUT2D eigenvalue weighted by molar-refractivity contribution is 5.68. The second-order valence-electron chi connectivity index (χ2n) is 7.36. The lowest BCUT2D eigenvalue weighted by atomic mass is 9.90. The Morgan fingerprint density at radius 3 is 2.61 bits per heavy atom. The fourth-order valence-corrected chi connectivity index (χ4v) is 3.09. The largest absolute Gasteiger partial charge is 0.444 e. The number of hydrogen-bond donors (Lipinski definition) is 0. The molecule has 3 heterocycles. The number of fused-ring (bicyclic) bond motifs is 1. The molecule has 3 rings (SSSR count). The quantitative estimate of drug-likeness (QED) is 0.805. The number of piperidine rings is 1.